The van der Waals surface area contributed by atoms with Crippen molar-refractivity contribution in [1.29, 1.82) is 0 Å². The molecule has 1 heterocycles. The maximum atomic E-state index is 2.34. The van der Waals surface area contributed by atoms with Crippen LogP contribution in [0.2, 0.25) is 0 Å². The monoisotopic (exact) mass is 175 g/mol. The van der Waals surface area contributed by atoms with Crippen LogP contribution in [0.1, 0.15) is 0 Å². The second-order valence-corrected chi connectivity index (χ2v) is 6.57. The van der Waals surface area contributed by atoms with E-state index in [4.69, 9.17) is 0 Å². The van der Waals surface area contributed by atoms with Gasteiger partial charge in [-0.05, 0) is 12.0 Å². The van der Waals surface area contributed by atoms with Crippen LogP contribution in [0.4, 0.5) is 0 Å². The lowest BCUT2D eigenvalue weighted by Crippen LogP contribution is -2.03. The van der Waals surface area contributed by atoms with Crippen LogP contribution in [0.3, 0.4) is 0 Å². The van der Waals surface area contributed by atoms with E-state index in [0.29, 0.717) is 0 Å². The van der Waals surface area contributed by atoms with Gasteiger partial charge in [0.05, 0.1) is 0 Å². The van der Waals surface area contributed by atoms with Crippen molar-refractivity contribution in [2.45, 2.75) is 0 Å². The van der Waals surface area contributed by atoms with Gasteiger partial charge in [0, 0.05) is 0 Å². The van der Waals surface area contributed by atoms with Gasteiger partial charge in [-0.1, -0.05) is 61.4 Å². The normalized spacial score (nSPS) is 18.4. The number of hydrogen-bond acceptors (Lipinski definition) is 0. The summed E-state index contributed by atoms with van der Waals surface area (Å²) in [4.78, 5) is 0. The third-order valence-corrected chi connectivity index (χ3v) is 5.21. The molecule has 0 saturated carbocycles. The second kappa shape index (κ2) is 2.88. The minimum absolute atomic E-state index is 1.03. The van der Waals surface area contributed by atoms with Gasteiger partial charge in [0.15, 0.2) is 0 Å². The zero-order valence-electron chi connectivity index (χ0n) is 7.14. The Labute approximate surface area is 74.0 Å². The topological polar surface area (TPSA) is 0 Å². The van der Waals surface area contributed by atoms with Crippen LogP contribution in [0.15, 0.2) is 54.1 Å². The molecule has 1 radical (unpaired) electrons. The van der Waals surface area contributed by atoms with E-state index in [1.54, 1.807) is 0 Å². The molecule has 0 fully saturated rings. The van der Waals surface area contributed by atoms with E-state index in [9.17, 15) is 0 Å². The molecule has 0 aliphatic carbocycles. The molecule has 0 bridgehead atoms. The van der Waals surface area contributed by atoms with E-state index in [1.165, 1.54) is 5.30 Å². The molecule has 0 spiro atoms. The summed E-state index contributed by atoms with van der Waals surface area (Å²) in [6.45, 7) is 2.34. The zero-order valence-corrected chi connectivity index (χ0v) is 8.04. The van der Waals surface area contributed by atoms with Gasteiger partial charge >= 0.3 is 0 Å². The third-order valence-electron chi connectivity index (χ3n) is 2.22. The predicted octanol–water partition coefficient (Wildman–Crippen LogP) is 3.00. The van der Waals surface area contributed by atoms with Gasteiger partial charge in [0.1, 0.15) is 0 Å². The molecule has 0 nitrogen and oxygen atoms in total. The summed E-state index contributed by atoms with van der Waals surface area (Å²) >= 11 is 0. The Kier molecular flexibility index (Phi) is 1.86. The molecule has 0 atom stereocenters. The molecule has 0 unspecified atom stereocenters. The summed E-state index contributed by atoms with van der Waals surface area (Å²) < 4.78 is 0. The molecular formula is C11H12P. The Hall–Kier alpha value is -0.870. The van der Waals surface area contributed by atoms with Gasteiger partial charge in [-0.3, -0.25) is 0 Å². The molecule has 1 aliphatic rings. The highest BCUT2D eigenvalue weighted by Gasteiger charge is 2.18. The Balaban J connectivity index is 2.43. The van der Waals surface area contributed by atoms with Crippen molar-refractivity contribution in [3.63, 3.8) is 0 Å². The first kappa shape index (κ1) is 7.76. The molecule has 2 rings (SSSR count). The standard InChI is InChI=1S/C11H12P/c1-12(9-5-6-10-12)11-7-3-2-4-8-11/h2-10H,1H3. The van der Waals surface area contributed by atoms with Crippen LogP contribution >= 0.6 is 7.26 Å². The van der Waals surface area contributed by atoms with Crippen molar-refractivity contribution >= 4 is 12.6 Å². The number of benzene rings is 1. The Morgan fingerprint density at radius 3 is 2.08 bits per heavy atom. The lowest BCUT2D eigenvalue weighted by molar-refractivity contribution is 1.77. The highest BCUT2D eigenvalue weighted by Crippen LogP contribution is 2.59. The molecule has 0 saturated heterocycles. The Bertz CT molecular complexity index is 310. The second-order valence-electron chi connectivity index (χ2n) is 3.17. The van der Waals surface area contributed by atoms with Crippen LogP contribution in [0.5, 0.6) is 0 Å². The van der Waals surface area contributed by atoms with Crippen LogP contribution < -0.4 is 5.30 Å². The van der Waals surface area contributed by atoms with E-state index >= 15 is 0 Å². The van der Waals surface area contributed by atoms with E-state index in [0.717, 1.165) is 0 Å². The van der Waals surface area contributed by atoms with Crippen molar-refractivity contribution in [3.8, 4) is 0 Å². The fraction of sp³-hybridized carbons (Fsp3) is 0.0909. The Morgan fingerprint density at radius 2 is 1.50 bits per heavy atom. The van der Waals surface area contributed by atoms with Crippen molar-refractivity contribution in [2.75, 3.05) is 6.66 Å². The fourth-order valence-corrected chi connectivity index (χ4v) is 3.60. The first-order valence-electron chi connectivity index (χ1n) is 4.10. The number of rotatable bonds is 1. The van der Waals surface area contributed by atoms with Gasteiger partial charge in [-0.2, -0.15) is 0 Å². The molecule has 0 amide bonds. The van der Waals surface area contributed by atoms with E-state index in [1.807, 2.05) is 0 Å². The average Bonchev–Trinajstić information content (AvgIpc) is 2.55. The third kappa shape index (κ3) is 1.23. The van der Waals surface area contributed by atoms with Crippen molar-refractivity contribution in [1.82, 2.24) is 0 Å². The minimum atomic E-state index is -1.03. The van der Waals surface area contributed by atoms with Crippen molar-refractivity contribution < 1.29 is 0 Å². The maximum absolute atomic E-state index is 2.34. The van der Waals surface area contributed by atoms with Crippen LogP contribution in [-0.2, 0) is 0 Å². The Morgan fingerprint density at radius 1 is 0.917 bits per heavy atom. The maximum Gasteiger partial charge on any atom is -0.0211 e. The van der Waals surface area contributed by atoms with Gasteiger partial charge in [0.2, 0.25) is 0 Å². The highest BCUT2D eigenvalue weighted by molar-refractivity contribution is 7.87. The number of allylic oxidation sites excluding steroid dienone is 2. The van der Waals surface area contributed by atoms with E-state index < -0.39 is 7.26 Å². The van der Waals surface area contributed by atoms with E-state index in [-0.39, 0.29) is 0 Å². The summed E-state index contributed by atoms with van der Waals surface area (Å²) in [5.74, 6) is 4.67. The largest absolute Gasteiger partial charge is 0.0622 e. The summed E-state index contributed by atoms with van der Waals surface area (Å²) in [6.07, 6.45) is 4.31. The molecule has 0 N–H and O–H groups in total. The van der Waals surface area contributed by atoms with Gasteiger partial charge in [-0.25, -0.2) is 0 Å². The van der Waals surface area contributed by atoms with Crippen molar-refractivity contribution in [2.24, 2.45) is 0 Å². The molecule has 1 aliphatic heterocycles. The van der Waals surface area contributed by atoms with Gasteiger partial charge in [0.25, 0.3) is 0 Å². The molecule has 0 aromatic heterocycles. The first-order valence-corrected chi connectivity index (χ1v) is 6.47. The smallest absolute Gasteiger partial charge is 0.0211 e. The molecule has 61 valence electrons. The summed E-state index contributed by atoms with van der Waals surface area (Å²) in [6, 6.07) is 10.7. The summed E-state index contributed by atoms with van der Waals surface area (Å²) in [7, 11) is -1.03. The SMILES string of the molecule is C[P]1(c2ccccc2)C=CC=C1. The van der Waals surface area contributed by atoms with Gasteiger partial charge < -0.3 is 0 Å². The average molecular weight is 175 g/mol. The molecule has 1 aromatic rings. The summed E-state index contributed by atoms with van der Waals surface area (Å²) in [5.41, 5.74) is 0. The van der Waals surface area contributed by atoms with Crippen molar-refractivity contribution in [3.05, 3.63) is 54.1 Å². The predicted molar refractivity (Wildman–Crippen MR) is 57.2 cm³/mol. The molecule has 1 aromatic carbocycles. The van der Waals surface area contributed by atoms with Crippen LogP contribution in [-0.4, -0.2) is 6.66 Å². The van der Waals surface area contributed by atoms with Gasteiger partial charge in [-0.15, -0.1) is 0 Å². The number of hydrogen-bond donors (Lipinski definition) is 0. The lowest BCUT2D eigenvalue weighted by atomic mass is 10.4. The van der Waals surface area contributed by atoms with E-state index in [2.05, 4.69) is 60.8 Å². The summed E-state index contributed by atoms with van der Waals surface area (Å²) in [5, 5.41) is 1.47. The lowest BCUT2D eigenvalue weighted by Gasteiger charge is -2.22. The van der Waals surface area contributed by atoms with Crippen LogP contribution in [0.25, 0.3) is 0 Å². The molecule has 1 heteroatoms. The molecule has 12 heavy (non-hydrogen) atoms. The minimum Gasteiger partial charge on any atom is -0.0622 e. The quantitative estimate of drug-likeness (QED) is 0.575. The first-order chi connectivity index (χ1) is 5.81. The van der Waals surface area contributed by atoms with Crippen LogP contribution in [0, 0.1) is 0 Å². The fourth-order valence-electron chi connectivity index (χ4n) is 1.43. The highest BCUT2D eigenvalue weighted by atomic mass is 31.2. The molecular weight excluding hydrogens is 163 g/mol. The zero-order chi connectivity index (χ0) is 8.44.